The molecule has 4 heterocycles. The predicted octanol–water partition coefficient (Wildman–Crippen LogP) is 4.28. The maximum absolute atomic E-state index is 13.2. The summed E-state index contributed by atoms with van der Waals surface area (Å²) in [5, 5.41) is 0.934. The molecule has 1 saturated carbocycles. The van der Waals surface area contributed by atoms with Crippen molar-refractivity contribution < 1.29 is 17.9 Å². The number of carbonyl (C=O) groups is 1. The summed E-state index contributed by atoms with van der Waals surface area (Å²) in [5.74, 6) is 0.338. The highest BCUT2D eigenvalue weighted by atomic mass is 32.2. The van der Waals surface area contributed by atoms with Crippen LogP contribution >= 0.6 is 11.5 Å². The number of pyridine rings is 2. The third-order valence-electron chi connectivity index (χ3n) is 7.71. The number of aromatic nitrogens is 3. The van der Waals surface area contributed by atoms with Crippen molar-refractivity contribution in [3.8, 4) is 17.0 Å². The van der Waals surface area contributed by atoms with E-state index in [-0.39, 0.29) is 21.7 Å². The van der Waals surface area contributed by atoms with E-state index in [1.54, 1.807) is 23.4 Å². The van der Waals surface area contributed by atoms with Crippen molar-refractivity contribution in [2.75, 3.05) is 43.9 Å². The maximum atomic E-state index is 13.2. The van der Waals surface area contributed by atoms with Crippen molar-refractivity contribution in [1.29, 1.82) is 0 Å². The highest BCUT2D eigenvalue weighted by Crippen LogP contribution is 2.55. The van der Waals surface area contributed by atoms with Crippen molar-refractivity contribution in [3.05, 3.63) is 54.5 Å². The molecule has 0 radical (unpaired) electrons. The molecule has 4 aromatic rings. The van der Waals surface area contributed by atoms with Crippen molar-refractivity contribution in [3.63, 3.8) is 0 Å². The minimum Gasteiger partial charge on any atom is -0.476 e. The first-order valence-corrected chi connectivity index (χ1v) is 15.4. The lowest BCUT2D eigenvalue weighted by molar-refractivity contribution is -0.125. The van der Waals surface area contributed by atoms with Gasteiger partial charge in [-0.05, 0) is 74.7 Å². The van der Waals surface area contributed by atoms with Gasteiger partial charge < -0.3 is 14.5 Å². The number of carbonyl (C=O) groups excluding carboxylic acids is 1. The summed E-state index contributed by atoms with van der Waals surface area (Å²) in [7, 11) is 1.90. The number of anilines is 2. The molecule has 1 fully saturated rings. The number of hydrogen-bond donors (Lipinski definition) is 1. The van der Waals surface area contributed by atoms with Crippen molar-refractivity contribution in [1.82, 2.24) is 19.2 Å². The summed E-state index contributed by atoms with van der Waals surface area (Å²) in [4.78, 5) is 26.2. The van der Waals surface area contributed by atoms with Crippen LogP contribution in [0.3, 0.4) is 0 Å². The molecule has 12 heteroatoms. The van der Waals surface area contributed by atoms with Gasteiger partial charge in [-0.15, -0.1) is 0 Å². The van der Waals surface area contributed by atoms with E-state index in [4.69, 9.17) is 4.74 Å². The molecule has 1 spiro atoms. The van der Waals surface area contributed by atoms with Crippen LogP contribution in [0.2, 0.25) is 0 Å². The molecule has 3 aromatic heterocycles. The lowest BCUT2D eigenvalue weighted by atomic mass is 9.64. The molecule has 10 nitrogen and oxygen atoms in total. The lowest BCUT2D eigenvalue weighted by Gasteiger charge is -2.37. The van der Waals surface area contributed by atoms with Crippen LogP contribution in [0.15, 0.2) is 53.1 Å². The molecule has 40 heavy (non-hydrogen) atoms. The maximum Gasteiger partial charge on any atom is 0.273 e. The highest BCUT2D eigenvalue weighted by molar-refractivity contribution is 7.94. The minimum atomic E-state index is -3.88. The zero-order chi connectivity index (χ0) is 28.1. The number of likely N-dealkylation sites (N-methyl/N-ethyl adjacent to an activating group) is 1. The molecule has 1 aromatic carbocycles. The van der Waals surface area contributed by atoms with Crippen LogP contribution in [-0.4, -0.2) is 67.9 Å². The first-order valence-electron chi connectivity index (χ1n) is 13.1. The second kappa shape index (κ2) is 10.1. The molecule has 1 aliphatic heterocycles. The van der Waals surface area contributed by atoms with Crippen LogP contribution in [0.4, 0.5) is 11.4 Å². The molecular weight excluding hydrogens is 548 g/mol. The molecule has 2 aliphatic rings. The van der Waals surface area contributed by atoms with Gasteiger partial charge >= 0.3 is 0 Å². The molecule has 1 aliphatic carbocycles. The van der Waals surface area contributed by atoms with Gasteiger partial charge in [-0.25, -0.2) is 13.4 Å². The van der Waals surface area contributed by atoms with E-state index < -0.39 is 15.4 Å². The van der Waals surface area contributed by atoms with Gasteiger partial charge in [0, 0.05) is 42.5 Å². The molecule has 1 amide bonds. The number of fused-ring (bicyclic) bond motifs is 4. The fourth-order valence-electron chi connectivity index (χ4n) is 5.54. The quantitative estimate of drug-likeness (QED) is 0.293. The monoisotopic (exact) mass is 578 g/mol. The van der Waals surface area contributed by atoms with Gasteiger partial charge in [-0.1, -0.05) is 12.5 Å². The van der Waals surface area contributed by atoms with Gasteiger partial charge in [0.15, 0.2) is 4.21 Å². The molecule has 6 rings (SSSR count). The molecule has 0 atom stereocenters. The Kier molecular flexibility index (Phi) is 6.71. The van der Waals surface area contributed by atoms with E-state index in [1.807, 2.05) is 39.3 Å². The Morgan fingerprint density at radius 3 is 2.65 bits per heavy atom. The van der Waals surface area contributed by atoms with E-state index in [1.165, 1.54) is 12.3 Å². The van der Waals surface area contributed by atoms with Crippen molar-refractivity contribution in [2.24, 2.45) is 0 Å². The fourth-order valence-corrected chi connectivity index (χ4v) is 7.31. The van der Waals surface area contributed by atoms with E-state index in [2.05, 4.69) is 24.0 Å². The zero-order valence-corrected chi connectivity index (χ0v) is 24.2. The third kappa shape index (κ3) is 4.49. The smallest absolute Gasteiger partial charge is 0.273 e. The Morgan fingerprint density at radius 2 is 1.95 bits per heavy atom. The number of nitrogens with one attached hydrogen (secondary N) is 1. The van der Waals surface area contributed by atoms with Gasteiger partial charge in [-0.2, -0.15) is 4.37 Å². The number of hydrogen-bond acceptors (Lipinski definition) is 9. The van der Waals surface area contributed by atoms with Crippen molar-refractivity contribution in [2.45, 2.75) is 35.3 Å². The summed E-state index contributed by atoms with van der Waals surface area (Å²) in [5.41, 5.74) is 4.02. The topological polar surface area (TPSA) is 118 Å². The average Bonchev–Trinajstić information content (AvgIpc) is 3.53. The van der Waals surface area contributed by atoms with Crippen molar-refractivity contribution >= 4 is 49.7 Å². The summed E-state index contributed by atoms with van der Waals surface area (Å²) < 4.78 is 38.8. The van der Waals surface area contributed by atoms with Crippen LogP contribution in [0, 0.1) is 0 Å². The summed E-state index contributed by atoms with van der Waals surface area (Å²) in [6.45, 7) is 1.21. The number of benzene rings is 1. The second-order valence-electron chi connectivity index (χ2n) is 10.6. The van der Waals surface area contributed by atoms with Crippen LogP contribution in [-0.2, 0) is 20.2 Å². The van der Waals surface area contributed by atoms with Gasteiger partial charge in [0.05, 0.1) is 29.4 Å². The molecule has 208 valence electrons. The highest BCUT2D eigenvalue weighted by Gasteiger charge is 2.54. The largest absolute Gasteiger partial charge is 0.476 e. The molecular formula is C28H30N6O4S2. The SMILES string of the molecule is CN(C)CCCOc1ncc(-c2ccc3ncc4c(c3c2)C2(CCC2)C(=O)N4C)cc1NS(=O)(=O)c1ccns1. The van der Waals surface area contributed by atoms with Crippen LogP contribution < -0.4 is 14.4 Å². The fraction of sp³-hybridized carbons (Fsp3) is 0.357. The second-order valence-corrected chi connectivity index (χ2v) is 13.3. The number of amides is 1. The van der Waals surface area contributed by atoms with Gasteiger partial charge in [0.25, 0.3) is 10.0 Å². The number of ether oxygens (including phenoxy) is 1. The van der Waals surface area contributed by atoms with E-state index >= 15 is 0 Å². The van der Waals surface area contributed by atoms with E-state index in [9.17, 15) is 13.2 Å². The molecule has 0 unspecified atom stereocenters. The number of rotatable bonds is 9. The van der Waals surface area contributed by atoms with Crippen LogP contribution in [0.1, 0.15) is 31.2 Å². The number of nitrogens with zero attached hydrogens (tertiary/aromatic N) is 5. The average molecular weight is 579 g/mol. The van der Waals surface area contributed by atoms with Crippen LogP contribution in [0.5, 0.6) is 5.88 Å². The Morgan fingerprint density at radius 1 is 1.12 bits per heavy atom. The Hall–Kier alpha value is -3.61. The zero-order valence-electron chi connectivity index (χ0n) is 22.5. The Labute approximate surface area is 237 Å². The van der Waals surface area contributed by atoms with E-state index in [0.717, 1.165) is 71.5 Å². The summed E-state index contributed by atoms with van der Waals surface area (Å²) in [6.07, 6.45) is 8.36. The van der Waals surface area contributed by atoms with Crippen LogP contribution in [0.25, 0.3) is 22.0 Å². The first-order chi connectivity index (χ1) is 19.2. The third-order valence-corrected chi connectivity index (χ3v) is 10.3. The summed E-state index contributed by atoms with van der Waals surface area (Å²) in [6, 6.07) is 9.09. The predicted molar refractivity (Wildman–Crippen MR) is 156 cm³/mol. The Balaban J connectivity index is 1.40. The van der Waals surface area contributed by atoms with Gasteiger partial charge in [-0.3, -0.25) is 14.5 Å². The van der Waals surface area contributed by atoms with E-state index in [0.29, 0.717) is 12.2 Å². The minimum absolute atomic E-state index is 0.100. The molecule has 1 N–H and O–H groups in total. The normalized spacial score (nSPS) is 16.0. The number of sulfonamides is 1. The molecule has 0 saturated heterocycles. The standard InChI is InChI=1S/C28H30N6O4S2/c1-33(2)12-5-13-38-26-22(32-40(36,37)24-8-11-31-39-24)15-19(16-30-26)18-6-7-21-20(14-18)25-23(17-29-21)34(3)27(35)28(25)9-4-10-28/h6-8,11,14-17,32H,4-5,9-10,12-13H2,1-3H3. The van der Waals surface area contributed by atoms with Gasteiger partial charge in [0.1, 0.15) is 5.69 Å². The Bertz CT molecular complexity index is 1700. The lowest BCUT2D eigenvalue weighted by Crippen LogP contribution is -2.43. The first kappa shape index (κ1) is 26.6. The molecule has 0 bridgehead atoms. The van der Waals surface area contributed by atoms with Gasteiger partial charge in [0.2, 0.25) is 11.8 Å². The summed E-state index contributed by atoms with van der Waals surface area (Å²) >= 11 is 0.895.